The molecule has 0 aliphatic carbocycles. The highest BCUT2D eigenvalue weighted by atomic mass is 32.2. The van der Waals surface area contributed by atoms with Crippen molar-refractivity contribution in [3.8, 4) is 17.4 Å². The molecule has 4 aromatic rings. The zero-order valence-corrected chi connectivity index (χ0v) is 26.4. The number of benzene rings is 3. The zero-order valence-electron chi connectivity index (χ0n) is 25.6. The number of anilines is 3. The maximum absolute atomic E-state index is 12.1. The highest BCUT2D eigenvalue weighted by molar-refractivity contribution is 7.92. The molecule has 1 aliphatic heterocycles. The van der Waals surface area contributed by atoms with Crippen molar-refractivity contribution < 1.29 is 27.7 Å². The largest absolute Gasteiger partial charge is 0.492 e. The molecular formula is C32H39N5O6S. The number of methoxy groups -OCH3 is 1. The Balaban J connectivity index is 1.41. The van der Waals surface area contributed by atoms with Crippen LogP contribution in [0.25, 0.3) is 10.8 Å². The Hall–Kier alpha value is -4.13. The summed E-state index contributed by atoms with van der Waals surface area (Å²) in [6.45, 7) is 8.95. The van der Waals surface area contributed by atoms with E-state index in [-0.39, 0.29) is 12.0 Å². The van der Waals surface area contributed by atoms with Crippen molar-refractivity contribution in [1.82, 2.24) is 9.97 Å². The average Bonchev–Trinajstić information content (AvgIpc) is 2.99. The molecule has 5 rings (SSSR count). The molecule has 2 heterocycles. The smallest absolute Gasteiger partial charge is 0.229 e. The van der Waals surface area contributed by atoms with Crippen LogP contribution in [0.4, 0.5) is 17.3 Å². The van der Waals surface area contributed by atoms with Gasteiger partial charge in [-0.25, -0.2) is 13.4 Å². The number of fused-ring (bicyclic) bond motifs is 1. The number of nitrogens with one attached hydrogen (secondary N) is 2. The standard InChI is InChI=1S/C32H39N5O6S/c1-32(2,3)21-18-25(30(41-4)26(19-21)36-44(5,39)40)34-20-27(38)23-10-11-28(24-9-7-6-8-22(23)24)43-29-12-13-33-31(35-29)37-14-16-42-17-15-37/h6-13,18-19,27,34,36,38H,14-17,20H2,1-5H3. The highest BCUT2D eigenvalue weighted by Gasteiger charge is 2.23. The van der Waals surface area contributed by atoms with Gasteiger partial charge in [0.15, 0.2) is 5.75 Å². The van der Waals surface area contributed by atoms with E-state index in [2.05, 4.69) is 24.9 Å². The monoisotopic (exact) mass is 621 g/mol. The SMILES string of the molecule is COc1c(NCC(O)c2ccc(Oc3ccnc(N4CCOCC4)n3)c3ccccc23)cc(C(C)(C)C)cc1NS(C)(=O)=O. The first-order chi connectivity index (χ1) is 20.9. The van der Waals surface area contributed by atoms with Crippen LogP contribution in [0.5, 0.6) is 17.4 Å². The van der Waals surface area contributed by atoms with Gasteiger partial charge < -0.3 is 29.5 Å². The molecule has 234 valence electrons. The number of hydrogen-bond acceptors (Lipinski definition) is 10. The van der Waals surface area contributed by atoms with Gasteiger partial charge in [-0.3, -0.25) is 4.72 Å². The van der Waals surface area contributed by atoms with Crippen molar-refractivity contribution in [2.24, 2.45) is 0 Å². The number of aromatic nitrogens is 2. The predicted octanol–water partition coefficient (Wildman–Crippen LogP) is 5.08. The van der Waals surface area contributed by atoms with E-state index in [1.54, 1.807) is 18.3 Å². The molecule has 1 unspecified atom stereocenters. The Morgan fingerprint density at radius 2 is 1.75 bits per heavy atom. The molecular weight excluding hydrogens is 582 g/mol. The van der Waals surface area contributed by atoms with Crippen molar-refractivity contribution in [1.29, 1.82) is 0 Å². The number of aliphatic hydroxyl groups excluding tert-OH is 1. The van der Waals surface area contributed by atoms with E-state index < -0.39 is 16.1 Å². The van der Waals surface area contributed by atoms with Gasteiger partial charge in [0.1, 0.15) is 5.75 Å². The lowest BCUT2D eigenvalue weighted by Crippen LogP contribution is -2.37. The van der Waals surface area contributed by atoms with E-state index in [1.165, 1.54) is 7.11 Å². The van der Waals surface area contributed by atoms with E-state index in [4.69, 9.17) is 14.2 Å². The van der Waals surface area contributed by atoms with Crippen molar-refractivity contribution in [3.63, 3.8) is 0 Å². The third-order valence-electron chi connectivity index (χ3n) is 7.34. The minimum absolute atomic E-state index is 0.140. The van der Waals surface area contributed by atoms with Gasteiger partial charge in [0.25, 0.3) is 0 Å². The lowest BCUT2D eigenvalue weighted by atomic mass is 9.86. The van der Waals surface area contributed by atoms with Crippen LogP contribution in [0.2, 0.25) is 0 Å². The van der Waals surface area contributed by atoms with E-state index in [0.717, 1.165) is 35.7 Å². The van der Waals surface area contributed by atoms with E-state index in [0.29, 0.717) is 53.5 Å². The zero-order chi connectivity index (χ0) is 31.5. The van der Waals surface area contributed by atoms with Crippen LogP contribution >= 0.6 is 0 Å². The molecule has 44 heavy (non-hydrogen) atoms. The third kappa shape index (κ3) is 7.32. The number of sulfonamides is 1. The van der Waals surface area contributed by atoms with Crippen LogP contribution in [0.1, 0.15) is 38.0 Å². The van der Waals surface area contributed by atoms with Crippen LogP contribution in [-0.4, -0.2) is 69.7 Å². The summed E-state index contributed by atoms with van der Waals surface area (Å²) in [4.78, 5) is 11.1. The average molecular weight is 622 g/mol. The molecule has 0 saturated carbocycles. The summed E-state index contributed by atoms with van der Waals surface area (Å²) in [5, 5.41) is 16.3. The van der Waals surface area contributed by atoms with Gasteiger partial charge in [-0.2, -0.15) is 4.98 Å². The van der Waals surface area contributed by atoms with Gasteiger partial charge in [-0.05, 0) is 40.1 Å². The number of morpholine rings is 1. The van der Waals surface area contributed by atoms with Crippen LogP contribution < -0.4 is 24.4 Å². The van der Waals surface area contributed by atoms with Gasteiger partial charge >= 0.3 is 0 Å². The number of ether oxygens (including phenoxy) is 3. The predicted molar refractivity (Wildman–Crippen MR) is 173 cm³/mol. The Kier molecular flexibility index (Phi) is 9.14. The summed E-state index contributed by atoms with van der Waals surface area (Å²) in [6.07, 6.45) is 1.87. The number of nitrogens with zero attached hydrogens (tertiary/aromatic N) is 3. The Labute approximate surface area is 258 Å². The topological polar surface area (TPSA) is 135 Å². The summed E-state index contributed by atoms with van der Waals surface area (Å²) in [7, 11) is -2.08. The maximum atomic E-state index is 12.1. The highest BCUT2D eigenvalue weighted by Crippen LogP contribution is 2.40. The number of aliphatic hydroxyl groups is 1. The maximum Gasteiger partial charge on any atom is 0.229 e. The lowest BCUT2D eigenvalue weighted by Gasteiger charge is -2.26. The summed E-state index contributed by atoms with van der Waals surface area (Å²) < 4.78 is 44.0. The first-order valence-electron chi connectivity index (χ1n) is 14.4. The van der Waals surface area contributed by atoms with Crippen molar-refractivity contribution >= 4 is 38.1 Å². The van der Waals surface area contributed by atoms with E-state index in [1.807, 2.05) is 63.2 Å². The normalized spacial score (nSPS) is 14.7. The molecule has 12 heteroatoms. The fourth-order valence-electron chi connectivity index (χ4n) is 5.10. The fraction of sp³-hybridized carbons (Fsp3) is 0.375. The van der Waals surface area contributed by atoms with Crippen LogP contribution in [-0.2, 0) is 20.2 Å². The van der Waals surface area contributed by atoms with E-state index >= 15 is 0 Å². The van der Waals surface area contributed by atoms with Crippen molar-refractivity contribution in [2.45, 2.75) is 32.3 Å². The van der Waals surface area contributed by atoms with Crippen LogP contribution in [0, 0.1) is 0 Å². The minimum atomic E-state index is -3.56. The summed E-state index contributed by atoms with van der Waals surface area (Å²) in [5.41, 5.74) is 2.23. The van der Waals surface area contributed by atoms with Crippen LogP contribution in [0.3, 0.4) is 0 Å². The minimum Gasteiger partial charge on any atom is -0.492 e. The lowest BCUT2D eigenvalue weighted by molar-refractivity contribution is 0.122. The fourth-order valence-corrected chi connectivity index (χ4v) is 5.65. The quantitative estimate of drug-likeness (QED) is 0.220. The van der Waals surface area contributed by atoms with Gasteiger partial charge in [0.2, 0.25) is 21.9 Å². The molecule has 3 aromatic carbocycles. The Bertz CT molecular complexity index is 1740. The Morgan fingerprint density at radius 3 is 2.43 bits per heavy atom. The molecule has 1 saturated heterocycles. The molecule has 1 aromatic heterocycles. The molecule has 0 radical (unpaired) electrons. The molecule has 11 nitrogen and oxygen atoms in total. The van der Waals surface area contributed by atoms with Crippen molar-refractivity contribution in [3.05, 3.63) is 71.9 Å². The van der Waals surface area contributed by atoms with E-state index in [9.17, 15) is 13.5 Å². The van der Waals surface area contributed by atoms with Gasteiger partial charge in [-0.15, -0.1) is 0 Å². The molecule has 0 bridgehead atoms. The third-order valence-corrected chi connectivity index (χ3v) is 7.93. The molecule has 1 fully saturated rings. The summed E-state index contributed by atoms with van der Waals surface area (Å²) in [5.74, 6) is 1.96. The molecule has 1 aliphatic rings. The number of hydrogen-bond donors (Lipinski definition) is 3. The summed E-state index contributed by atoms with van der Waals surface area (Å²) in [6, 6.07) is 16.8. The second kappa shape index (κ2) is 12.8. The Morgan fingerprint density at radius 1 is 1.05 bits per heavy atom. The van der Waals surface area contributed by atoms with Crippen LogP contribution in [0.15, 0.2) is 60.8 Å². The van der Waals surface area contributed by atoms with Gasteiger partial charge in [0, 0.05) is 37.3 Å². The second-order valence-corrected chi connectivity index (χ2v) is 13.5. The first-order valence-corrected chi connectivity index (χ1v) is 16.3. The number of rotatable bonds is 10. The molecule has 3 N–H and O–H groups in total. The van der Waals surface area contributed by atoms with Gasteiger partial charge in [0.05, 0.1) is 44.1 Å². The van der Waals surface area contributed by atoms with Gasteiger partial charge in [-0.1, -0.05) is 51.1 Å². The molecule has 0 spiro atoms. The second-order valence-electron chi connectivity index (χ2n) is 11.7. The molecule has 1 atom stereocenters. The van der Waals surface area contributed by atoms with Crippen molar-refractivity contribution in [2.75, 3.05) is 61.2 Å². The summed E-state index contributed by atoms with van der Waals surface area (Å²) >= 11 is 0. The molecule has 0 amide bonds. The first kappa shape index (κ1) is 31.3.